The number of hydrogen-bond acceptors (Lipinski definition) is 6. The molecular weight excluding hydrogens is 669 g/mol. The summed E-state index contributed by atoms with van der Waals surface area (Å²) in [5.74, 6) is 0. The number of allylic oxidation sites excluding steroid dienone is 6. The third-order valence-electron chi connectivity index (χ3n) is 9.18. The normalized spacial score (nSPS) is 14.3. The van der Waals surface area contributed by atoms with Crippen molar-refractivity contribution >= 4 is 7.82 Å². The van der Waals surface area contributed by atoms with Crippen molar-refractivity contribution in [1.82, 2.24) is 0 Å². The van der Waals surface area contributed by atoms with Crippen molar-refractivity contribution in [3.8, 4) is 0 Å². The minimum absolute atomic E-state index is 0.0600. The van der Waals surface area contributed by atoms with Crippen LogP contribution in [0.3, 0.4) is 0 Å². The van der Waals surface area contributed by atoms with Gasteiger partial charge in [0.1, 0.15) is 19.8 Å². The van der Waals surface area contributed by atoms with E-state index in [9.17, 15) is 9.46 Å². The Morgan fingerprint density at radius 3 is 1.37 bits per heavy atom. The molecule has 0 saturated carbocycles. The smallest absolute Gasteiger partial charge is 0.268 e. The van der Waals surface area contributed by atoms with Gasteiger partial charge in [-0.05, 0) is 37.8 Å². The standard InChI is InChI=1S/C44H84NO6P/c1-6-8-10-12-14-16-18-20-22-24-26-28-30-32-34-36-39-48-42-44(43-51-52(46,47)50-41-38-45(3,4)5)49-40-37-35-33-31-29-27-25-23-21-19-17-15-13-11-9-7-2/h32-37,39-40,44H,6-31,38,41-43H2,1-5H3/t44-/m1/s1. The number of quaternary nitrogens is 1. The molecule has 0 radical (unpaired) electrons. The van der Waals surface area contributed by atoms with Crippen molar-refractivity contribution in [3.05, 3.63) is 49.0 Å². The van der Waals surface area contributed by atoms with Gasteiger partial charge in [-0.3, -0.25) is 4.57 Å². The molecule has 0 aliphatic rings. The van der Waals surface area contributed by atoms with E-state index in [-0.39, 0.29) is 19.8 Å². The fraction of sp³-hybridized carbons (Fsp3) is 0.818. The molecule has 0 spiro atoms. The Bertz CT molecular complexity index is 913. The van der Waals surface area contributed by atoms with E-state index >= 15 is 0 Å². The van der Waals surface area contributed by atoms with Gasteiger partial charge in [0.2, 0.25) is 0 Å². The van der Waals surface area contributed by atoms with E-state index in [4.69, 9.17) is 18.5 Å². The molecule has 0 heterocycles. The van der Waals surface area contributed by atoms with Gasteiger partial charge in [-0.2, -0.15) is 0 Å². The van der Waals surface area contributed by atoms with Gasteiger partial charge in [0.05, 0.1) is 40.3 Å². The van der Waals surface area contributed by atoms with E-state index in [1.165, 1.54) is 154 Å². The van der Waals surface area contributed by atoms with Crippen molar-refractivity contribution in [1.29, 1.82) is 0 Å². The lowest BCUT2D eigenvalue weighted by atomic mass is 10.0. The number of phosphoric ester groups is 1. The van der Waals surface area contributed by atoms with Crippen LogP contribution < -0.4 is 4.89 Å². The van der Waals surface area contributed by atoms with E-state index in [0.717, 1.165) is 12.8 Å². The lowest BCUT2D eigenvalue weighted by Crippen LogP contribution is -2.37. The monoisotopic (exact) mass is 754 g/mol. The van der Waals surface area contributed by atoms with E-state index in [0.29, 0.717) is 11.0 Å². The molecule has 52 heavy (non-hydrogen) atoms. The molecule has 7 nitrogen and oxygen atoms in total. The summed E-state index contributed by atoms with van der Waals surface area (Å²) < 4.78 is 34.6. The predicted molar refractivity (Wildman–Crippen MR) is 221 cm³/mol. The number of nitrogens with zero attached hydrogens (tertiary/aromatic N) is 1. The average Bonchev–Trinajstić information content (AvgIpc) is 3.10. The van der Waals surface area contributed by atoms with Crippen LogP contribution in [-0.4, -0.2) is 58.1 Å². The molecular formula is C44H84NO6P. The predicted octanol–water partition coefficient (Wildman–Crippen LogP) is 12.9. The van der Waals surface area contributed by atoms with Crippen molar-refractivity contribution in [3.63, 3.8) is 0 Å². The Morgan fingerprint density at radius 1 is 0.538 bits per heavy atom. The number of hydrogen-bond donors (Lipinski definition) is 0. The number of rotatable bonds is 40. The third kappa shape index (κ3) is 41.4. The maximum Gasteiger partial charge on any atom is 0.268 e. The molecule has 0 fully saturated rings. The summed E-state index contributed by atoms with van der Waals surface area (Å²) in [6.07, 6.45) is 49.2. The van der Waals surface area contributed by atoms with Gasteiger partial charge < -0.3 is 27.9 Å². The van der Waals surface area contributed by atoms with Crippen LogP contribution in [0.25, 0.3) is 0 Å². The maximum absolute atomic E-state index is 12.3. The van der Waals surface area contributed by atoms with Crippen LogP contribution in [0.5, 0.6) is 0 Å². The Hall–Kier alpha value is -1.37. The summed E-state index contributed by atoms with van der Waals surface area (Å²) in [5.41, 5.74) is 0. The second-order valence-electron chi connectivity index (χ2n) is 15.6. The summed E-state index contributed by atoms with van der Waals surface area (Å²) in [4.78, 5) is 12.3. The number of phosphoric acid groups is 1. The molecule has 306 valence electrons. The van der Waals surface area contributed by atoms with Crippen LogP contribution in [0.15, 0.2) is 49.0 Å². The van der Waals surface area contributed by atoms with Crippen LogP contribution in [0, 0.1) is 0 Å². The molecule has 0 rings (SSSR count). The molecule has 0 aromatic heterocycles. The molecule has 1 unspecified atom stereocenters. The van der Waals surface area contributed by atoms with Gasteiger partial charge in [-0.25, -0.2) is 0 Å². The van der Waals surface area contributed by atoms with Gasteiger partial charge >= 0.3 is 0 Å². The van der Waals surface area contributed by atoms with E-state index in [1.807, 2.05) is 45.4 Å². The molecule has 0 N–H and O–H groups in total. The third-order valence-corrected chi connectivity index (χ3v) is 10.1. The first-order valence-corrected chi connectivity index (χ1v) is 23.0. The lowest BCUT2D eigenvalue weighted by molar-refractivity contribution is -0.870. The highest BCUT2D eigenvalue weighted by Gasteiger charge is 2.17. The molecule has 0 saturated heterocycles. The molecule has 0 bridgehead atoms. The second kappa shape index (κ2) is 37.9. The van der Waals surface area contributed by atoms with Gasteiger partial charge in [0.15, 0.2) is 6.10 Å². The zero-order chi connectivity index (χ0) is 38.3. The van der Waals surface area contributed by atoms with Crippen molar-refractivity contribution < 1.29 is 32.5 Å². The van der Waals surface area contributed by atoms with Crippen LogP contribution >= 0.6 is 7.82 Å². The largest absolute Gasteiger partial charge is 0.756 e. The zero-order valence-electron chi connectivity index (χ0n) is 34.8. The van der Waals surface area contributed by atoms with Gasteiger partial charge in [-0.15, -0.1) is 0 Å². The minimum Gasteiger partial charge on any atom is -0.756 e. The Kier molecular flexibility index (Phi) is 36.9. The maximum atomic E-state index is 12.3. The topological polar surface area (TPSA) is 77.1 Å². The minimum atomic E-state index is -4.45. The van der Waals surface area contributed by atoms with Crippen molar-refractivity contribution in [2.24, 2.45) is 0 Å². The molecule has 0 aliphatic heterocycles. The Balaban J connectivity index is 4.33. The van der Waals surface area contributed by atoms with E-state index < -0.39 is 13.9 Å². The fourth-order valence-electron chi connectivity index (χ4n) is 5.79. The first-order chi connectivity index (χ1) is 25.2. The van der Waals surface area contributed by atoms with Crippen molar-refractivity contribution in [2.75, 3.05) is 47.5 Å². The zero-order valence-corrected chi connectivity index (χ0v) is 35.6. The first-order valence-electron chi connectivity index (χ1n) is 21.5. The van der Waals surface area contributed by atoms with Crippen LogP contribution in [-0.2, 0) is 23.1 Å². The van der Waals surface area contributed by atoms with Gasteiger partial charge in [-0.1, -0.05) is 179 Å². The number of ether oxygens (including phenoxy) is 2. The fourth-order valence-corrected chi connectivity index (χ4v) is 6.52. The van der Waals surface area contributed by atoms with Crippen LogP contribution in [0.1, 0.15) is 181 Å². The Labute approximate surface area is 322 Å². The number of likely N-dealkylation sites (N-methyl/N-ethyl adjacent to an activating group) is 1. The molecule has 0 aromatic carbocycles. The average molecular weight is 754 g/mol. The second-order valence-corrected chi connectivity index (χ2v) is 17.0. The van der Waals surface area contributed by atoms with Crippen molar-refractivity contribution in [2.45, 2.75) is 187 Å². The van der Waals surface area contributed by atoms with E-state index in [1.54, 1.807) is 12.5 Å². The van der Waals surface area contributed by atoms with Crippen LogP contribution in [0.4, 0.5) is 0 Å². The van der Waals surface area contributed by atoms with E-state index in [2.05, 4.69) is 26.0 Å². The van der Waals surface area contributed by atoms with Gasteiger partial charge in [0.25, 0.3) is 7.82 Å². The summed E-state index contributed by atoms with van der Waals surface area (Å²) >= 11 is 0. The summed E-state index contributed by atoms with van der Waals surface area (Å²) in [7, 11) is 1.47. The summed E-state index contributed by atoms with van der Waals surface area (Å²) in [6.45, 7) is 5.11. The molecule has 0 aromatic rings. The molecule has 0 aliphatic carbocycles. The molecule has 8 heteroatoms. The lowest BCUT2D eigenvalue weighted by Gasteiger charge is -2.28. The summed E-state index contributed by atoms with van der Waals surface area (Å²) in [6, 6.07) is 0. The Morgan fingerprint density at radius 2 is 0.942 bits per heavy atom. The SMILES string of the molecule is CCCCCCCCCCCCCCC=CC=COC[C@H](COP(=O)([O-])OCC[N+](C)(C)C)OC=CC=CCCCCCCCCCCCCCC. The highest BCUT2D eigenvalue weighted by atomic mass is 31.2. The summed E-state index contributed by atoms with van der Waals surface area (Å²) in [5, 5.41) is 0. The highest BCUT2D eigenvalue weighted by Crippen LogP contribution is 2.38. The quantitative estimate of drug-likeness (QED) is 0.0204. The highest BCUT2D eigenvalue weighted by molar-refractivity contribution is 7.45. The van der Waals surface area contributed by atoms with Gasteiger partial charge in [0, 0.05) is 0 Å². The van der Waals surface area contributed by atoms with Crippen LogP contribution in [0.2, 0.25) is 0 Å². The first kappa shape index (κ1) is 50.6. The molecule has 2 atom stereocenters. The number of unbranched alkanes of at least 4 members (excludes halogenated alkanes) is 24. The molecule has 0 amide bonds.